The first-order chi connectivity index (χ1) is 12.6. The Morgan fingerprint density at radius 2 is 1.73 bits per heavy atom. The number of benzene rings is 2. The molecule has 5 heteroatoms. The van der Waals surface area contributed by atoms with Crippen LogP contribution in [0.25, 0.3) is 11.1 Å². The normalized spacial score (nSPS) is 14.8. The van der Waals surface area contributed by atoms with Gasteiger partial charge in [0.1, 0.15) is 5.75 Å². The third-order valence-electron chi connectivity index (χ3n) is 4.72. The van der Waals surface area contributed by atoms with Gasteiger partial charge in [0, 0.05) is 31.6 Å². The van der Waals surface area contributed by atoms with E-state index in [4.69, 9.17) is 4.74 Å². The van der Waals surface area contributed by atoms with Crippen molar-refractivity contribution >= 4 is 11.8 Å². The fourth-order valence-corrected chi connectivity index (χ4v) is 3.30. The van der Waals surface area contributed by atoms with Crippen LogP contribution in [0, 0.1) is 0 Å². The summed E-state index contributed by atoms with van der Waals surface area (Å²) in [5, 5.41) is 2.93. The second-order valence-electron chi connectivity index (χ2n) is 6.58. The first-order valence-corrected chi connectivity index (χ1v) is 8.87. The molecule has 1 heterocycles. The van der Waals surface area contributed by atoms with E-state index in [-0.39, 0.29) is 17.9 Å². The summed E-state index contributed by atoms with van der Waals surface area (Å²) in [5.74, 6) is 0.844. The predicted octanol–water partition coefficient (Wildman–Crippen LogP) is 3.10. The summed E-state index contributed by atoms with van der Waals surface area (Å²) in [7, 11) is 1.65. The molecule has 0 atom stereocenters. The van der Waals surface area contributed by atoms with Crippen LogP contribution in [0.2, 0.25) is 0 Å². The Bertz CT molecular complexity index is 778. The van der Waals surface area contributed by atoms with Crippen LogP contribution in [0.15, 0.2) is 48.5 Å². The molecule has 0 bridgehead atoms. The molecule has 2 aromatic rings. The van der Waals surface area contributed by atoms with Crippen molar-refractivity contribution in [3.63, 3.8) is 0 Å². The molecule has 1 fully saturated rings. The summed E-state index contributed by atoms with van der Waals surface area (Å²) < 4.78 is 5.26. The molecule has 2 amide bonds. The quantitative estimate of drug-likeness (QED) is 0.920. The summed E-state index contributed by atoms with van der Waals surface area (Å²) in [6.45, 7) is 2.87. The van der Waals surface area contributed by atoms with Crippen LogP contribution in [0.5, 0.6) is 5.75 Å². The van der Waals surface area contributed by atoms with E-state index in [1.807, 2.05) is 53.4 Å². The Kier molecular flexibility index (Phi) is 5.56. The van der Waals surface area contributed by atoms with Crippen LogP contribution in [-0.2, 0) is 4.79 Å². The number of likely N-dealkylation sites (tertiary alicyclic amines) is 1. The smallest absolute Gasteiger partial charge is 0.253 e. The molecule has 5 nitrogen and oxygen atoms in total. The lowest BCUT2D eigenvalue weighted by Gasteiger charge is -2.32. The van der Waals surface area contributed by atoms with Gasteiger partial charge in [0.2, 0.25) is 5.91 Å². The van der Waals surface area contributed by atoms with E-state index in [1.54, 1.807) is 7.11 Å². The van der Waals surface area contributed by atoms with Crippen LogP contribution in [0.1, 0.15) is 30.1 Å². The number of hydrogen-bond acceptors (Lipinski definition) is 3. The molecule has 0 spiro atoms. The summed E-state index contributed by atoms with van der Waals surface area (Å²) in [4.78, 5) is 25.7. The van der Waals surface area contributed by atoms with Crippen molar-refractivity contribution in [1.82, 2.24) is 10.2 Å². The fourth-order valence-electron chi connectivity index (χ4n) is 3.30. The van der Waals surface area contributed by atoms with Gasteiger partial charge < -0.3 is 15.0 Å². The molecule has 0 aliphatic carbocycles. The molecule has 1 aliphatic heterocycles. The number of carbonyl (C=O) groups excluding carboxylic acids is 2. The Morgan fingerprint density at radius 1 is 1.04 bits per heavy atom. The second-order valence-corrected chi connectivity index (χ2v) is 6.58. The van der Waals surface area contributed by atoms with Crippen molar-refractivity contribution < 1.29 is 14.3 Å². The molecule has 136 valence electrons. The molecule has 0 aromatic heterocycles. The zero-order valence-corrected chi connectivity index (χ0v) is 15.2. The van der Waals surface area contributed by atoms with Crippen molar-refractivity contribution in [3.8, 4) is 16.9 Å². The molecule has 3 rings (SSSR count). The average Bonchev–Trinajstić information content (AvgIpc) is 2.68. The third-order valence-corrected chi connectivity index (χ3v) is 4.72. The van der Waals surface area contributed by atoms with Gasteiger partial charge in [0.05, 0.1) is 7.11 Å². The standard InChI is InChI=1S/C21H24N2O3/c1-15(24)22-19-10-12-23(13-11-19)21(25)17-8-6-16(7-9-17)18-4-3-5-20(14-18)26-2/h3-9,14,19H,10-13H2,1-2H3,(H,22,24). The van der Waals surface area contributed by atoms with Crippen LogP contribution in [-0.4, -0.2) is 43.0 Å². The van der Waals surface area contributed by atoms with Crippen molar-refractivity contribution in [2.75, 3.05) is 20.2 Å². The molecule has 0 unspecified atom stereocenters. The first kappa shape index (κ1) is 18.0. The lowest BCUT2D eigenvalue weighted by atomic mass is 10.0. The average molecular weight is 352 g/mol. The van der Waals surface area contributed by atoms with Crippen LogP contribution in [0.3, 0.4) is 0 Å². The first-order valence-electron chi connectivity index (χ1n) is 8.87. The van der Waals surface area contributed by atoms with Crippen LogP contribution < -0.4 is 10.1 Å². The van der Waals surface area contributed by atoms with Crippen molar-refractivity contribution in [3.05, 3.63) is 54.1 Å². The monoisotopic (exact) mass is 352 g/mol. The van der Waals surface area contributed by atoms with Crippen LogP contribution in [0.4, 0.5) is 0 Å². The van der Waals surface area contributed by atoms with Gasteiger partial charge in [0.25, 0.3) is 5.91 Å². The van der Waals surface area contributed by atoms with E-state index in [2.05, 4.69) is 5.32 Å². The number of rotatable bonds is 4. The Hall–Kier alpha value is -2.82. The summed E-state index contributed by atoms with van der Waals surface area (Å²) >= 11 is 0. The highest BCUT2D eigenvalue weighted by Crippen LogP contribution is 2.24. The van der Waals surface area contributed by atoms with E-state index in [9.17, 15) is 9.59 Å². The molecule has 0 radical (unpaired) electrons. The van der Waals surface area contributed by atoms with E-state index in [0.717, 1.165) is 29.7 Å². The van der Waals surface area contributed by atoms with E-state index < -0.39 is 0 Å². The minimum Gasteiger partial charge on any atom is -0.497 e. The maximum atomic E-state index is 12.7. The lowest BCUT2D eigenvalue weighted by Crippen LogP contribution is -2.46. The van der Waals surface area contributed by atoms with E-state index in [1.165, 1.54) is 6.92 Å². The zero-order valence-electron chi connectivity index (χ0n) is 15.2. The predicted molar refractivity (Wildman–Crippen MR) is 101 cm³/mol. The largest absolute Gasteiger partial charge is 0.497 e. The number of hydrogen-bond donors (Lipinski definition) is 1. The van der Waals surface area contributed by atoms with Gasteiger partial charge in [-0.3, -0.25) is 9.59 Å². The number of piperidine rings is 1. The molecule has 1 N–H and O–H groups in total. The topological polar surface area (TPSA) is 58.6 Å². The summed E-state index contributed by atoms with van der Waals surface area (Å²) in [5.41, 5.74) is 2.79. The number of amides is 2. The molecule has 0 saturated carbocycles. The van der Waals surface area contributed by atoms with Crippen molar-refractivity contribution in [2.45, 2.75) is 25.8 Å². The minimum absolute atomic E-state index is 0.0112. The highest BCUT2D eigenvalue weighted by atomic mass is 16.5. The maximum absolute atomic E-state index is 12.7. The number of carbonyl (C=O) groups is 2. The summed E-state index contributed by atoms with van der Waals surface area (Å²) in [6.07, 6.45) is 1.60. The number of methoxy groups -OCH3 is 1. The van der Waals surface area contributed by atoms with Gasteiger partial charge in [-0.05, 0) is 48.2 Å². The lowest BCUT2D eigenvalue weighted by molar-refractivity contribution is -0.119. The Balaban J connectivity index is 1.65. The van der Waals surface area contributed by atoms with Gasteiger partial charge in [-0.15, -0.1) is 0 Å². The summed E-state index contributed by atoms with van der Waals surface area (Å²) in [6, 6.07) is 15.7. The second kappa shape index (κ2) is 8.04. The van der Waals surface area contributed by atoms with Gasteiger partial charge in [-0.25, -0.2) is 0 Å². The van der Waals surface area contributed by atoms with Crippen LogP contribution >= 0.6 is 0 Å². The number of nitrogens with zero attached hydrogens (tertiary/aromatic N) is 1. The molecular formula is C21H24N2O3. The maximum Gasteiger partial charge on any atom is 0.253 e. The third kappa shape index (κ3) is 4.23. The molecule has 26 heavy (non-hydrogen) atoms. The van der Waals surface area contributed by atoms with Gasteiger partial charge >= 0.3 is 0 Å². The molecule has 2 aromatic carbocycles. The number of ether oxygens (including phenoxy) is 1. The van der Waals surface area contributed by atoms with Gasteiger partial charge in [0.15, 0.2) is 0 Å². The molecular weight excluding hydrogens is 328 g/mol. The zero-order chi connectivity index (χ0) is 18.5. The van der Waals surface area contributed by atoms with Crippen molar-refractivity contribution in [1.29, 1.82) is 0 Å². The van der Waals surface area contributed by atoms with E-state index >= 15 is 0 Å². The Morgan fingerprint density at radius 3 is 2.35 bits per heavy atom. The molecule has 1 saturated heterocycles. The highest BCUT2D eigenvalue weighted by Gasteiger charge is 2.23. The highest BCUT2D eigenvalue weighted by molar-refractivity contribution is 5.94. The fraction of sp³-hybridized carbons (Fsp3) is 0.333. The van der Waals surface area contributed by atoms with Gasteiger partial charge in [-0.2, -0.15) is 0 Å². The van der Waals surface area contributed by atoms with Crippen molar-refractivity contribution in [2.24, 2.45) is 0 Å². The SMILES string of the molecule is COc1cccc(-c2ccc(C(=O)N3CCC(NC(C)=O)CC3)cc2)c1. The minimum atomic E-state index is -0.0112. The number of nitrogens with one attached hydrogen (secondary N) is 1. The van der Waals surface area contributed by atoms with Gasteiger partial charge in [-0.1, -0.05) is 24.3 Å². The van der Waals surface area contributed by atoms with E-state index in [0.29, 0.717) is 18.7 Å². The molecule has 1 aliphatic rings. The Labute approximate surface area is 154 Å².